The number of anilines is 1. The Morgan fingerprint density at radius 1 is 1.32 bits per heavy atom. The molecule has 0 aliphatic heterocycles. The van der Waals surface area contributed by atoms with Gasteiger partial charge in [-0.25, -0.2) is 0 Å². The maximum absolute atomic E-state index is 12.3. The van der Waals surface area contributed by atoms with E-state index < -0.39 is 5.54 Å². The van der Waals surface area contributed by atoms with Crippen LogP contribution in [0.25, 0.3) is 0 Å². The molecule has 0 unspecified atom stereocenters. The molecule has 106 valence electrons. The largest absolute Gasteiger partial charge is 0.324 e. The highest BCUT2D eigenvalue weighted by Crippen LogP contribution is 2.29. The van der Waals surface area contributed by atoms with Crippen LogP contribution in [0.15, 0.2) is 18.2 Å². The van der Waals surface area contributed by atoms with Crippen LogP contribution in [0, 0.1) is 6.92 Å². The molecule has 1 saturated carbocycles. The first-order valence-corrected chi connectivity index (χ1v) is 6.76. The Morgan fingerprint density at radius 3 is 2.58 bits per heavy atom. The lowest BCUT2D eigenvalue weighted by atomic mass is 9.82. The molecule has 1 amide bonds. The molecule has 0 bridgehead atoms. The highest BCUT2D eigenvalue weighted by atomic mass is 35.5. The molecule has 19 heavy (non-hydrogen) atoms. The summed E-state index contributed by atoms with van der Waals surface area (Å²) in [6, 6.07) is 5.49. The van der Waals surface area contributed by atoms with Crippen molar-refractivity contribution in [1.82, 2.24) is 0 Å². The predicted octanol–water partition coefficient (Wildman–Crippen LogP) is 3.67. The van der Waals surface area contributed by atoms with Crippen LogP contribution in [0.1, 0.15) is 37.7 Å². The Hall–Kier alpha value is -0.770. The van der Waals surface area contributed by atoms with Gasteiger partial charge < -0.3 is 11.1 Å². The quantitative estimate of drug-likeness (QED) is 0.876. The molecule has 0 atom stereocenters. The molecule has 1 fully saturated rings. The Kier molecular flexibility index (Phi) is 5.65. The van der Waals surface area contributed by atoms with Gasteiger partial charge in [-0.05, 0) is 37.5 Å². The van der Waals surface area contributed by atoms with E-state index >= 15 is 0 Å². The molecule has 0 spiro atoms. The minimum absolute atomic E-state index is 0. The van der Waals surface area contributed by atoms with Crippen LogP contribution >= 0.6 is 24.0 Å². The number of nitrogens with one attached hydrogen (secondary N) is 1. The van der Waals surface area contributed by atoms with Crippen molar-refractivity contribution in [1.29, 1.82) is 0 Å². The van der Waals surface area contributed by atoms with Gasteiger partial charge in [0.1, 0.15) is 0 Å². The van der Waals surface area contributed by atoms with E-state index in [1.165, 1.54) is 6.42 Å². The monoisotopic (exact) mass is 302 g/mol. The Labute approximate surface area is 125 Å². The van der Waals surface area contributed by atoms with Crippen molar-refractivity contribution in [2.45, 2.75) is 44.6 Å². The third-order valence-electron chi connectivity index (χ3n) is 3.71. The summed E-state index contributed by atoms with van der Waals surface area (Å²) in [6.07, 6.45) is 4.75. The molecule has 1 aliphatic rings. The van der Waals surface area contributed by atoms with Crippen molar-refractivity contribution in [3.05, 3.63) is 28.8 Å². The summed E-state index contributed by atoms with van der Waals surface area (Å²) in [7, 11) is 0. The van der Waals surface area contributed by atoms with E-state index in [-0.39, 0.29) is 18.3 Å². The van der Waals surface area contributed by atoms with Gasteiger partial charge in [0, 0.05) is 10.7 Å². The van der Waals surface area contributed by atoms with Crippen molar-refractivity contribution in [2.24, 2.45) is 5.73 Å². The predicted molar refractivity (Wildman–Crippen MR) is 82.1 cm³/mol. The zero-order chi connectivity index (χ0) is 13.2. The Balaban J connectivity index is 0.00000180. The van der Waals surface area contributed by atoms with Crippen LogP contribution in [-0.4, -0.2) is 11.4 Å². The lowest BCUT2D eigenvalue weighted by molar-refractivity contribution is -0.122. The Morgan fingerprint density at radius 2 is 1.95 bits per heavy atom. The van der Waals surface area contributed by atoms with Crippen LogP contribution < -0.4 is 11.1 Å². The van der Waals surface area contributed by atoms with E-state index in [1.807, 2.05) is 25.1 Å². The van der Waals surface area contributed by atoms with E-state index in [0.717, 1.165) is 36.9 Å². The highest BCUT2D eigenvalue weighted by molar-refractivity contribution is 6.31. The lowest BCUT2D eigenvalue weighted by Crippen LogP contribution is -2.52. The van der Waals surface area contributed by atoms with E-state index in [0.29, 0.717) is 5.02 Å². The first-order valence-electron chi connectivity index (χ1n) is 6.38. The van der Waals surface area contributed by atoms with Crippen LogP contribution in [-0.2, 0) is 4.79 Å². The maximum Gasteiger partial charge on any atom is 0.244 e. The second-order valence-corrected chi connectivity index (χ2v) is 5.49. The third kappa shape index (κ3) is 3.62. The summed E-state index contributed by atoms with van der Waals surface area (Å²) >= 11 is 6.04. The average Bonchev–Trinajstić information content (AvgIpc) is 2.36. The lowest BCUT2D eigenvalue weighted by Gasteiger charge is -2.32. The van der Waals surface area contributed by atoms with Gasteiger partial charge in [0.2, 0.25) is 5.91 Å². The molecule has 1 aliphatic carbocycles. The molecular formula is C14H20Cl2N2O. The molecule has 3 nitrogen and oxygen atoms in total. The summed E-state index contributed by atoms with van der Waals surface area (Å²) in [6.45, 7) is 1.89. The number of carbonyl (C=O) groups excluding carboxylic acids is 1. The van der Waals surface area contributed by atoms with Gasteiger partial charge in [-0.2, -0.15) is 0 Å². The highest BCUT2D eigenvalue weighted by Gasteiger charge is 2.35. The number of nitrogens with two attached hydrogens (primary N) is 1. The number of carbonyl (C=O) groups is 1. The molecule has 0 aromatic heterocycles. The van der Waals surface area contributed by atoms with Gasteiger partial charge in [-0.15, -0.1) is 12.4 Å². The van der Waals surface area contributed by atoms with Crippen LogP contribution in [0.3, 0.4) is 0 Å². The van der Waals surface area contributed by atoms with Gasteiger partial charge in [0.15, 0.2) is 0 Å². The first kappa shape index (κ1) is 16.3. The van der Waals surface area contributed by atoms with Gasteiger partial charge in [-0.3, -0.25) is 4.79 Å². The summed E-state index contributed by atoms with van der Waals surface area (Å²) in [4.78, 5) is 12.3. The van der Waals surface area contributed by atoms with Gasteiger partial charge in [0.05, 0.1) is 5.54 Å². The van der Waals surface area contributed by atoms with Gasteiger partial charge >= 0.3 is 0 Å². The molecule has 0 heterocycles. The van der Waals surface area contributed by atoms with Crippen LogP contribution in [0.4, 0.5) is 5.69 Å². The number of halogens is 2. The van der Waals surface area contributed by atoms with Crippen molar-refractivity contribution in [3.8, 4) is 0 Å². The minimum atomic E-state index is -0.715. The second kappa shape index (κ2) is 6.60. The maximum atomic E-state index is 12.3. The average molecular weight is 303 g/mol. The fourth-order valence-electron chi connectivity index (χ4n) is 2.40. The van der Waals surface area contributed by atoms with E-state index in [2.05, 4.69) is 5.32 Å². The first-order chi connectivity index (χ1) is 8.53. The van der Waals surface area contributed by atoms with Gasteiger partial charge in [0.25, 0.3) is 0 Å². The van der Waals surface area contributed by atoms with E-state index in [9.17, 15) is 4.79 Å². The second-order valence-electron chi connectivity index (χ2n) is 5.08. The number of amides is 1. The molecule has 2 rings (SSSR count). The van der Waals surface area contributed by atoms with Gasteiger partial charge in [-0.1, -0.05) is 36.9 Å². The molecular weight excluding hydrogens is 283 g/mol. The Bertz CT molecular complexity index is 457. The number of benzene rings is 1. The number of hydrogen-bond donors (Lipinski definition) is 2. The molecule has 1 aromatic carbocycles. The van der Waals surface area contributed by atoms with Crippen LogP contribution in [0.5, 0.6) is 0 Å². The van der Waals surface area contributed by atoms with Crippen LogP contribution in [0.2, 0.25) is 5.02 Å². The molecule has 0 radical (unpaired) electrons. The van der Waals surface area contributed by atoms with Crippen molar-refractivity contribution in [3.63, 3.8) is 0 Å². The zero-order valence-electron chi connectivity index (χ0n) is 11.0. The van der Waals surface area contributed by atoms with Crippen molar-refractivity contribution < 1.29 is 4.79 Å². The topological polar surface area (TPSA) is 55.1 Å². The molecule has 5 heteroatoms. The summed E-state index contributed by atoms with van der Waals surface area (Å²) in [5, 5.41) is 3.57. The normalized spacial score (nSPS) is 17.4. The minimum Gasteiger partial charge on any atom is -0.324 e. The summed E-state index contributed by atoms with van der Waals surface area (Å²) < 4.78 is 0. The van der Waals surface area contributed by atoms with E-state index in [1.54, 1.807) is 0 Å². The van der Waals surface area contributed by atoms with Crippen molar-refractivity contribution >= 4 is 35.6 Å². The zero-order valence-corrected chi connectivity index (χ0v) is 12.6. The standard InChI is InChI=1S/C14H19ClN2O.ClH/c1-10-11(15)6-5-7-12(10)17-13(18)14(16)8-3-2-4-9-14;/h5-7H,2-4,8-9,16H2,1H3,(H,17,18);1H. The molecule has 0 saturated heterocycles. The number of hydrogen-bond acceptors (Lipinski definition) is 2. The summed E-state index contributed by atoms with van der Waals surface area (Å²) in [5.41, 5.74) is 7.11. The molecule has 3 N–H and O–H groups in total. The number of rotatable bonds is 2. The van der Waals surface area contributed by atoms with Crippen molar-refractivity contribution in [2.75, 3.05) is 5.32 Å². The SMILES string of the molecule is Cc1c(Cl)cccc1NC(=O)C1(N)CCCCC1.Cl. The van der Waals surface area contributed by atoms with E-state index in [4.69, 9.17) is 17.3 Å². The third-order valence-corrected chi connectivity index (χ3v) is 4.12. The fourth-order valence-corrected chi connectivity index (χ4v) is 2.57. The molecule has 1 aromatic rings. The smallest absolute Gasteiger partial charge is 0.244 e. The summed E-state index contributed by atoms with van der Waals surface area (Å²) in [5.74, 6) is -0.0902. The fraction of sp³-hybridized carbons (Fsp3) is 0.500.